The lowest BCUT2D eigenvalue weighted by Gasteiger charge is -2.41. The molecule has 0 heterocycles. The van der Waals surface area contributed by atoms with Crippen LogP contribution in [-0.2, 0) is 12.8 Å². The molecular weight excluding hydrogens is 673 g/mol. The van der Waals surface area contributed by atoms with Crippen LogP contribution in [-0.4, -0.2) is 59.6 Å². The first-order chi connectivity index (χ1) is 26.4. The lowest BCUT2D eigenvalue weighted by Crippen LogP contribution is -2.58. The zero-order valence-electron chi connectivity index (χ0n) is 31.2. The van der Waals surface area contributed by atoms with E-state index < -0.39 is 12.1 Å². The van der Waals surface area contributed by atoms with Gasteiger partial charge in [0, 0.05) is 36.7 Å². The SMILES string of the molecule is CCC(C)C(CNC(=O)Nc1ccccc1)N(CC(Cc1ccccc1)N(CCCc1ccccc1)C(=O)Nc1ccccc1)C(=O)Nc1ccccc1. The van der Waals surface area contributed by atoms with E-state index in [2.05, 4.69) is 59.4 Å². The summed E-state index contributed by atoms with van der Waals surface area (Å²) < 4.78 is 0. The molecule has 0 aliphatic carbocycles. The molecule has 0 aliphatic heterocycles. The van der Waals surface area contributed by atoms with E-state index in [0.29, 0.717) is 30.0 Å². The highest BCUT2D eigenvalue weighted by Gasteiger charge is 2.34. The third-order valence-electron chi connectivity index (χ3n) is 9.65. The molecule has 0 radical (unpaired) electrons. The fraction of sp³-hybridized carbons (Fsp3) is 0.267. The number of para-hydroxylation sites is 3. The predicted octanol–water partition coefficient (Wildman–Crippen LogP) is 9.54. The minimum atomic E-state index is -0.418. The van der Waals surface area contributed by atoms with Crippen LogP contribution in [0.25, 0.3) is 0 Å². The minimum absolute atomic E-state index is 0.00519. The van der Waals surface area contributed by atoms with Crippen LogP contribution in [0, 0.1) is 5.92 Å². The van der Waals surface area contributed by atoms with Gasteiger partial charge in [-0.15, -0.1) is 0 Å². The molecule has 0 spiro atoms. The summed E-state index contributed by atoms with van der Waals surface area (Å²) in [7, 11) is 0. The molecule has 0 aliphatic rings. The average molecular weight is 725 g/mol. The van der Waals surface area contributed by atoms with Crippen molar-refractivity contribution in [1.29, 1.82) is 0 Å². The summed E-state index contributed by atoms with van der Waals surface area (Å²) in [5, 5.41) is 12.2. The van der Waals surface area contributed by atoms with Crippen molar-refractivity contribution in [2.24, 2.45) is 5.92 Å². The second kappa shape index (κ2) is 20.8. The van der Waals surface area contributed by atoms with E-state index in [1.54, 1.807) is 0 Å². The number of nitrogens with zero attached hydrogens (tertiary/aromatic N) is 2. The summed E-state index contributed by atoms with van der Waals surface area (Å²) in [6, 6.07) is 46.7. The lowest BCUT2D eigenvalue weighted by atomic mass is 9.95. The van der Waals surface area contributed by atoms with E-state index in [1.807, 2.05) is 137 Å². The van der Waals surface area contributed by atoms with Crippen molar-refractivity contribution in [2.45, 2.75) is 51.6 Å². The predicted molar refractivity (Wildman–Crippen MR) is 220 cm³/mol. The normalized spacial score (nSPS) is 12.4. The topological polar surface area (TPSA) is 106 Å². The molecule has 3 unspecified atom stereocenters. The maximum Gasteiger partial charge on any atom is 0.322 e. The van der Waals surface area contributed by atoms with Crippen molar-refractivity contribution in [3.05, 3.63) is 163 Å². The van der Waals surface area contributed by atoms with Gasteiger partial charge in [-0.05, 0) is 72.7 Å². The number of nitrogens with one attached hydrogen (secondary N) is 4. The first-order valence-corrected chi connectivity index (χ1v) is 18.8. The Kier molecular flexibility index (Phi) is 15.1. The molecule has 0 aromatic heterocycles. The van der Waals surface area contributed by atoms with Crippen molar-refractivity contribution in [3.63, 3.8) is 0 Å². The molecule has 0 fully saturated rings. The molecule has 4 N–H and O–H groups in total. The van der Waals surface area contributed by atoms with E-state index in [-0.39, 0.29) is 37.1 Å². The van der Waals surface area contributed by atoms with Gasteiger partial charge in [0.15, 0.2) is 0 Å². The summed E-state index contributed by atoms with van der Waals surface area (Å²) in [5.41, 5.74) is 4.27. The smallest absolute Gasteiger partial charge is 0.322 e. The molecule has 5 aromatic rings. The Balaban J connectivity index is 1.49. The van der Waals surface area contributed by atoms with Gasteiger partial charge in [0.2, 0.25) is 0 Å². The van der Waals surface area contributed by atoms with Gasteiger partial charge in [-0.1, -0.05) is 136 Å². The number of anilines is 3. The molecule has 3 atom stereocenters. The number of amides is 6. The van der Waals surface area contributed by atoms with Crippen LogP contribution in [0.5, 0.6) is 0 Å². The Morgan fingerprint density at radius 1 is 0.574 bits per heavy atom. The van der Waals surface area contributed by atoms with Crippen molar-refractivity contribution in [3.8, 4) is 0 Å². The quantitative estimate of drug-likeness (QED) is 0.0768. The van der Waals surface area contributed by atoms with Crippen LogP contribution in [0.1, 0.15) is 37.8 Å². The number of urea groups is 3. The van der Waals surface area contributed by atoms with E-state index in [1.165, 1.54) is 5.56 Å². The van der Waals surface area contributed by atoms with E-state index in [0.717, 1.165) is 24.8 Å². The van der Waals surface area contributed by atoms with Gasteiger partial charge in [0.25, 0.3) is 0 Å². The highest BCUT2D eigenvalue weighted by molar-refractivity contribution is 5.91. The number of benzene rings is 5. The minimum Gasteiger partial charge on any atom is -0.336 e. The molecule has 6 amide bonds. The largest absolute Gasteiger partial charge is 0.336 e. The maximum atomic E-state index is 14.5. The highest BCUT2D eigenvalue weighted by atomic mass is 16.2. The molecule has 5 rings (SSSR count). The van der Waals surface area contributed by atoms with E-state index in [4.69, 9.17) is 0 Å². The zero-order valence-corrected chi connectivity index (χ0v) is 31.2. The van der Waals surface area contributed by atoms with Crippen molar-refractivity contribution in [1.82, 2.24) is 15.1 Å². The maximum absolute atomic E-state index is 14.5. The van der Waals surface area contributed by atoms with Crippen molar-refractivity contribution < 1.29 is 14.4 Å². The Morgan fingerprint density at radius 2 is 1.02 bits per heavy atom. The van der Waals surface area contributed by atoms with E-state index in [9.17, 15) is 14.4 Å². The van der Waals surface area contributed by atoms with E-state index >= 15 is 0 Å². The van der Waals surface area contributed by atoms with Crippen LogP contribution in [0.3, 0.4) is 0 Å². The third-order valence-corrected chi connectivity index (χ3v) is 9.65. The van der Waals surface area contributed by atoms with Gasteiger partial charge in [-0.25, -0.2) is 14.4 Å². The summed E-state index contributed by atoms with van der Waals surface area (Å²) in [6.07, 6.45) is 2.80. The van der Waals surface area contributed by atoms with Gasteiger partial charge < -0.3 is 31.1 Å². The number of carbonyl (C=O) groups excluding carboxylic acids is 3. The summed E-state index contributed by atoms with van der Waals surface area (Å²) in [4.78, 5) is 45.8. The molecule has 280 valence electrons. The number of hydrogen-bond acceptors (Lipinski definition) is 3. The number of carbonyl (C=O) groups is 3. The molecular formula is C45H52N6O3. The first kappa shape index (κ1) is 39.1. The summed E-state index contributed by atoms with van der Waals surface area (Å²) >= 11 is 0. The highest BCUT2D eigenvalue weighted by Crippen LogP contribution is 2.22. The van der Waals surface area contributed by atoms with Gasteiger partial charge in [-0.2, -0.15) is 0 Å². The van der Waals surface area contributed by atoms with Gasteiger partial charge in [-0.3, -0.25) is 0 Å². The van der Waals surface area contributed by atoms with Crippen molar-refractivity contribution in [2.75, 3.05) is 35.6 Å². The van der Waals surface area contributed by atoms with Crippen LogP contribution in [0.15, 0.2) is 152 Å². The second-order valence-electron chi connectivity index (χ2n) is 13.5. The molecule has 9 heteroatoms. The molecule has 0 saturated heterocycles. The van der Waals surface area contributed by atoms with Crippen molar-refractivity contribution >= 4 is 35.2 Å². The Labute approximate surface area is 319 Å². The van der Waals surface area contributed by atoms with Crippen LogP contribution < -0.4 is 21.3 Å². The molecule has 0 saturated carbocycles. The third kappa shape index (κ3) is 12.3. The van der Waals surface area contributed by atoms with Gasteiger partial charge >= 0.3 is 18.1 Å². The summed E-state index contributed by atoms with van der Waals surface area (Å²) in [6.45, 7) is 5.07. The van der Waals surface area contributed by atoms with Gasteiger partial charge in [0.1, 0.15) is 0 Å². The number of hydrogen-bond donors (Lipinski definition) is 4. The van der Waals surface area contributed by atoms with Gasteiger partial charge in [0.05, 0.1) is 12.1 Å². The Bertz CT molecular complexity index is 1850. The van der Waals surface area contributed by atoms with Crippen LogP contribution in [0.4, 0.5) is 31.4 Å². The Hall–Kier alpha value is -6.09. The standard InChI is InChI=1S/C45H52N6O3/c1-3-35(2)42(33-46-43(52)47-38-25-13-6-14-26-38)51(45(54)49-40-29-17-8-18-30-40)34-41(32-37-22-11-5-12-23-37)50(31-19-24-36-20-9-4-10-21-36)44(53)48-39-27-15-7-16-28-39/h4-18,20-23,25-30,35,41-42H,3,19,24,31-34H2,1-2H3,(H,48,53)(H,49,54)(H2,46,47,52). The molecule has 9 nitrogen and oxygen atoms in total. The number of aryl methyl sites for hydroxylation is 1. The first-order valence-electron chi connectivity index (χ1n) is 18.8. The lowest BCUT2D eigenvalue weighted by molar-refractivity contribution is 0.120. The fourth-order valence-corrected chi connectivity index (χ4v) is 6.52. The molecule has 0 bridgehead atoms. The zero-order chi connectivity index (χ0) is 38.0. The van der Waals surface area contributed by atoms with Crippen LogP contribution >= 0.6 is 0 Å². The monoisotopic (exact) mass is 724 g/mol. The van der Waals surface area contributed by atoms with Crippen LogP contribution in [0.2, 0.25) is 0 Å². The molecule has 5 aromatic carbocycles. The fourth-order valence-electron chi connectivity index (χ4n) is 6.52. The molecule has 54 heavy (non-hydrogen) atoms. The average Bonchev–Trinajstić information content (AvgIpc) is 3.20. The Morgan fingerprint density at radius 3 is 1.52 bits per heavy atom. The number of rotatable bonds is 17. The second-order valence-corrected chi connectivity index (χ2v) is 13.5. The summed E-state index contributed by atoms with van der Waals surface area (Å²) in [5.74, 6) is 0.00519.